The lowest BCUT2D eigenvalue weighted by atomic mass is 10.2. The molecule has 5 nitrogen and oxygen atoms in total. The summed E-state index contributed by atoms with van der Waals surface area (Å²) < 4.78 is 12.2. The number of oxazole rings is 1. The number of fused-ring (bicyclic) bond motifs is 1. The first kappa shape index (κ1) is 14.3. The van der Waals surface area contributed by atoms with Gasteiger partial charge in [-0.2, -0.15) is 0 Å². The number of ether oxygens (including phenoxy) is 1. The largest absolute Gasteiger partial charge is 0.508 e. The van der Waals surface area contributed by atoms with Crippen molar-refractivity contribution in [3.63, 3.8) is 0 Å². The molecule has 3 aromatic rings. The van der Waals surface area contributed by atoms with E-state index in [1.807, 2.05) is 32.0 Å². The van der Waals surface area contributed by atoms with Crippen molar-refractivity contribution < 1.29 is 14.3 Å². The number of rotatable bonds is 4. The molecular formula is C17H17NO4. The maximum absolute atomic E-state index is 12.1. The summed E-state index contributed by atoms with van der Waals surface area (Å²) in [7, 11) is 0. The van der Waals surface area contributed by atoms with Crippen LogP contribution in [0.5, 0.6) is 11.5 Å². The van der Waals surface area contributed by atoms with E-state index in [0.717, 1.165) is 16.6 Å². The van der Waals surface area contributed by atoms with Gasteiger partial charge in [0, 0.05) is 6.07 Å². The van der Waals surface area contributed by atoms with Crippen molar-refractivity contribution in [2.24, 2.45) is 0 Å². The maximum Gasteiger partial charge on any atom is 0.420 e. The molecule has 0 fully saturated rings. The Bertz CT molecular complexity index is 876. The first-order valence-corrected chi connectivity index (χ1v) is 7.12. The maximum atomic E-state index is 12.1. The van der Waals surface area contributed by atoms with Crippen LogP contribution in [0.1, 0.15) is 18.1 Å². The summed E-state index contributed by atoms with van der Waals surface area (Å²) in [6.45, 7) is 4.66. The molecule has 0 saturated carbocycles. The van der Waals surface area contributed by atoms with Crippen molar-refractivity contribution in [1.29, 1.82) is 0 Å². The van der Waals surface area contributed by atoms with Gasteiger partial charge in [0.2, 0.25) is 0 Å². The zero-order chi connectivity index (χ0) is 15.7. The van der Waals surface area contributed by atoms with Crippen molar-refractivity contribution in [1.82, 2.24) is 4.57 Å². The molecule has 22 heavy (non-hydrogen) atoms. The highest BCUT2D eigenvalue weighted by atomic mass is 16.5. The van der Waals surface area contributed by atoms with Gasteiger partial charge >= 0.3 is 5.76 Å². The molecule has 0 aliphatic carbocycles. The second kappa shape index (κ2) is 5.60. The lowest BCUT2D eigenvalue weighted by molar-refractivity contribution is 0.337. The van der Waals surface area contributed by atoms with Gasteiger partial charge in [-0.25, -0.2) is 4.79 Å². The SMILES string of the molecule is CCOc1cc(O)cc(Cn2c(=O)oc3ccc(C)cc32)c1. The minimum absolute atomic E-state index is 0.109. The lowest BCUT2D eigenvalue weighted by Crippen LogP contribution is -2.15. The third kappa shape index (κ3) is 2.70. The minimum atomic E-state index is -0.415. The first-order valence-electron chi connectivity index (χ1n) is 7.12. The number of nitrogens with zero attached hydrogens (tertiary/aromatic N) is 1. The van der Waals surface area contributed by atoms with Crippen molar-refractivity contribution in [3.05, 3.63) is 58.1 Å². The summed E-state index contributed by atoms with van der Waals surface area (Å²) in [6, 6.07) is 10.6. The molecule has 2 aromatic carbocycles. The molecule has 0 saturated heterocycles. The number of aromatic hydroxyl groups is 1. The number of phenols is 1. The Morgan fingerprint density at radius 3 is 2.82 bits per heavy atom. The summed E-state index contributed by atoms with van der Waals surface area (Å²) in [5, 5.41) is 9.79. The average Bonchev–Trinajstić information content (AvgIpc) is 2.75. The van der Waals surface area contributed by atoms with Crippen LogP contribution in [0.15, 0.2) is 45.6 Å². The fraction of sp³-hybridized carbons (Fsp3) is 0.235. The van der Waals surface area contributed by atoms with Crippen LogP contribution in [0.4, 0.5) is 0 Å². The van der Waals surface area contributed by atoms with Gasteiger partial charge in [0.1, 0.15) is 11.5 Å². The summed E-state index contributed by atoms with van der Waals surface area (Å²) in [4.78, 5) is 12.1. The minimum Gasteiger partial charge on any atom is -0.508 e. The smallest absolute Gasteiger partial charge is 0.420 e. The lowest BCUT2D eigenvalue weighted by Gasteiger charge is -2.08. The van der Waals surface area contributed by atoms with Gasteiger partial charge in [0.15, 0.2) is 5.58 Å². The molecule has 5 heteroatoms. The summed E-state index contributed by atoms with van der Waals surface area (Å²) >= 11 is 0. The fourth-order valence-electron chi connectivity index (χ4n) is 2.49. The predicted octanol–water partition coefficient (Wildman–Crippen LogP) is 3.06. The van der Waals surface area contributed by atoms with Gasteiger partial charge in [-0.05, 0) is 49.2 Å². The number of phenolic OH excluding ortho intramolecular Hbond substituents is 1. The van der Waals surface area contributed by atoms with Crippen molar-refractivity contribution in [2.75, 3.05) is 6.61 Å². The van der Waals surface area contributed by atoms with Crippen LogP contribution in [-0.4, -0.2) is 16.3 Å². The molecule has 1 aromatic heterocycles. The molecule has 0 aliphatic rings. The van der Waals surface area contributed by atoms with Crippen LogP contribution in [0.2, 0.25) is 0 Å². The fourth-order valence-corrected chi connectivity index (χ4v) is 2.49. The van der Waals surface area contributed by atoms with Gasteiger partial charge in [-0.15, -0.1) is 0 Å². The third-order valence-corrected chi connectivity index (χ3v) is 3.43. The van der Waals surface area contributed by atoms with E-state index >= 15 is 0 Å². The van der Waals surface area contributed by atoms with E-state index in [-0.39, 0.29) is 5.75 Å². The van der Waals surface area contributed by atoms with Crippen LogP contribution in [0, 0.1) is 6.92 Å². The summed E-state index contributed by atoms with van der Waals surface area (Å²) in [5.74, 6) is 0.273. The van der Waals surface area contributed by atoms with E-state index in [9.17, 15) is 9.90 Å². The molecule has 1 heterocycles. The van der Waals surface area contributed by atoms with Gasteiger partial charge in [-0.1, -0.05) is 6.07 Å². The van der Waals surface area contributed by atoms with Crippen molar-refractivity contribution in [2.45, 2.75) is 20.4 Å². The van der Waals surface area contributed by atoms with Gasteiger partial charge < -0.3 is 14.3 Å². The average molecular weight is 299 g/mol. The van der Waals surface area contributed by atoms with Crippen LogP contribution in [-0.2, 0) is 6.54 Å². The van der Waals surface area contributed by atoms with E-state index in [2.05, 4.69) is 0 Å². The summed E-state index contributed by atoms with van der Waals surface area (Å²) in [5.41, 5.74) is 3.12. The highest BCUT2D eigenvalue weighted by Gasteiger charge is 2.11. The van der Waals surface area contributed by atoms with Crippen molar-refractivity contribution in [3.8, 4) is 11.5 Å². The number of hydrogen-bond donors (Lipinski definition) is 1. The quantitative estimate of drug-likeness (QED) is 0.804. The van der Waals surface area contributed by atoms with E-state index in [0.29, 0.717) is 24.5 Å². The molecule has 0 unspecified atom stereocenters. The molecule has 0 radical (unpaired) electrons. The molecule has 3 rings (SSSR count). The molecule has 114 valence electrons. The van der Waals surface area contributed by atoms with E-state index in [1.54, 1.807) is 22.8 Å². The highest BCUT2D eigenvalue weighted by molar-refractivity contribution is 5.73. The topological polar surface area (TPSA) is 64.6 Å². The normalized spacial score (nSPS) is 11.0. The Hall–Kier alpha value is -2.69. The van der Waals surface area contributed by atoms with Crippen molar-refractivity contribution >= 4 is 11.1 Å². The molecule has 0 bridgehead atoms. The van der Waals surface area contributed by atoms with E-state index in [1.165, 1.54) is 0 Å². The van der Waals surface area contributed by atoms with E-state index in [4.69, 9.17) is 9.15 Å². The second-order valence-electron chi connectivity index (χ2n) is 5.19. The monoisotopic (exact) mass is 299 g/mol. The van der Waals surface area contributed by atoms with Gasteiger partial charge in [-0.3, -0.25) is 4.57 Å². The van der Waals surface area contributed by atoms with Crippen LogP contribution in [0.3, 0.4) is 0 Å². The molecule has 1 N–H and O–H groups in total. The molecular weight excluding hydrogens is 282 g/mol. The Kier molecular flexibility index (Phi) is 3.63. The Labute approximate surface area is 127 Å². The Morgan fingerprint density at radius 1 is 1.23 bits per heavy atom. The third-order valence-electron chi connectivity index (χ3n) is 3.43. The zero-order valence-electron chi connectivity index (χ0n) is 12.5. The molecule has 0 atom stereocenters. The first-order chi connectivity index (χ1) is 10.6. The Balaban J connectivity index is 2.05. The van der Waals surface area contributed by atoms with Crippen LogP contribution < -0.4 is 10.5 Å². The second-order valence-corrected chi connectivity index (χ2v) is 5.19. The van der Waals surface area contributed by atoms with Crippen LogP contribution in [0.25, 0.3) is 11.1 Å². The number of hydrogen-bond acceptors (Lipinski definition) is 4. The standard InChI is InChI=1S/C17H17NO4/c1-3-21-14-8-12(7-13(19)9-14)10-18-15-6-11(2)4-5-16(15)22-17(18)20/h4-9,19H,3,10H2,1-2H3. The highest BCUT2D eigenvalue weighted by Crippen LogP contribution is 2.23. The number of aryl methyl sites for hydroxylation is 1. The zero-order valence-corrected chi connectivity index (χ0v) is 12.5. The van der Waals surface area contributed by atoms with Gasteiger partial charge in [0.25, 0.3) is 0 Å². The molecule has 0 amide bonds. The van der Waals surface area contributed by atoms with Crippen LogP contribution >= 0.6 is 0 Å². The summed E-state index contributed by atoms with van der Waals surface area (Å²) in [6.07, 6.45) is 0. The predicted molar refractivity (Wildman–Crippen MR) is 83.6 cm³/mol. The van der Waals surface area contributed by atoms with Gasteiger partial charge in [0.05, 0.1) is 18.7 Å². The molecule has 0 spiro atoms. The number of benzene rings is 2. The number of aromatic nitrogens is 1. The van der Waals surface area contributed by atoms with E-state index < -0.39 is 5.76 Å². The molecule has 0 aliphatic heterocycles. The Morgan fingerprint density at radius 2 is 2.05 bits per heavy atom.